The largest absolute Gasteiger partial charge is 0.464 e. The maximum atomic E-state index is 10.9. The van der Waals surface area contributed by atoms with Crippen LogP contribution in [0.2, 0.25) is 0 Å². The van der Waals surface area contributed by atoms with E-state index in [4.69, 9.17) is 0 Å². The third-order valence-corrected chi connectivity index (χ3v) is 1.02. The van der Waals surface area contributed by atoms with Gasteiger partial charge in [-0.25, -0.2) is 14.4 Å². The van der Waals surface area contributed by atoms with Gasteiger partial charge in [-0.15, -0.1) is 0 Å². The Bertz CT molecular complexity index is 264. The van der Waals surface area contributed by atoms with Gasteiger partial charge in [-0.05, 0) is 0 Å². The molecule has 0 amide bonds. The Kier molecular flexibility index (Phi) is 4.90. The average Bonchev–Trinajstić information content (AvgIpc) is 2.16. The van der Waals surface area contributed by atoms with Crippen LogP contribution >= 0.6 is 0 Å². The standard InChI is InChI=1S/C7H9NO6/c1-4(9)14-8-5(6(10)12-2)7(11)13-3/h1-3H3. The zero-order valence-corrected chi connectivity index (χ0v) is 7.90. The van der Waals surface area contributed by atoms with E-state index in [-0.39, 0.29) is 0 Å². The molecule has 0 radical (unpaired) electrons. The van der Waals surface area contributed by atoms with Crippen LogP contribution in [0.15, 0.2) is 5.16 Å². The van der Waals surface area contributed by atoms with Crippen molar-refractivity contribution in [3.63, 3.8) is 0 Å². The van der Waals surface area contributed by atoms with Crippen molar-refractivity contribution >= 4 is 23.6 Å². The Hall–Kier alpha value is -1.92. The molecule has 0 N–H and O–H groups in total. The molecular formula is C7H9NO6. The molecule has 0 aliphatic rings. The molecule has 0 aromatic carbocycles. The highest BCUT2D eigenvalue weighted by atomic mass is 16.7. The van der Waals surface area contributed by atoms with Crippen molar-refractivity contribution < 1.29 is 28.7 Å². The molecule has 0 spiro atoms. The molecule has 14 heavy (non-hydrogen) atoms. The van der Waals surface area contributed by atoms with Gasteiger partial charge >= 0.3 is 17.9 Å². The number of carbonyl (C=O) groups excluding carboxylic acids is 3. The summed E-state index contributed by atoms with van der Waals surface area (Å²) < 4.78 is 8.41. The van der Waals surface area contributed by atoms with Crippen LogP contribution in [0.1, 0.15) is 6.92 Å². The van der Waals surface area contributed by atoms with Crippen LogP contribution in [0.3, 0.4) is 0 Å². The van der Waals surface area contributed by atoms with Gasteiger partial charge in [0.2, 0.25) is 0 Å². The molecule has 0 unspecified atom stereocenters. The molecular weight excluding hydrogens is 194 g/mol. The Labute approximate surface area is 79.6 Å². The number of rotatable bonds is 3. The molecule has 0 aliphatic heterocycles. The highest BCUT2D eigenvalue weighted by Gasteiger charge is 2.23. The van der Waals surface area contributed by atoms with Gasteiger partial charge in [-0.2, -0.15) is 0 Å². The van der Waals surface area contributed by atoms with E-state index in [0.29, 0.717) is 0 Å². The number of ether oxygens (including phenoxy) is 2. The van der Waals surface area contributed by atoms with E-state index in [2.05, 4.69) is 19.5 Å². The maximum Gasteiger partial charge on any atom is 0.367 e. The van der Waals surface area contributed by atoms with Crippen LogP contribution in [-0.4, -0.2) is 37.8 Å². The summed E-state index contributed by atoms with van der Waals surface area (Å²) in [6.45, 7) is 1.07. The summed E-state index contributed by atoms with van der Waals surface area (Å²) in [5.74, 6) is -2.86. The third-order valence-electron chi connectivity index (χ3n) is 1.02. The molecule has 0 aromatic heterocycles. The number of carbonyl (C=O) groups is 3. The van der Waals surface area contributed by atoms with E-state index in [1.54, 1.807) is 0 Å². The lowest BCUT2D eigenvalue weighted by molar-refractivity contribution is -0.142. The third kappa shape index (κ3) is 3.65. The van der Waals surface area contributed by atoms with Crippen LogP contribution in [0.25, 0.3) is 0 Å². The summed E-state index contributed by atoms with van der Waals surface area (Å²) in [5, 5.41) is 2.98. The van der Waals surface area contributed by atoms with E-state index >= 15 is 0 Å². The molecule has 0 aromatic rings. The molecule has 0 saturated carbocycles. The summed E-state index contributed by atoms with van der Waals surface area (Å²) in [5.41, 5.74) is -0.731. The van der Waals surface area contributed by atoms with Crippen LogP contribution < -0.4 is 0 Å². The minimum absolute atomic E-state index is 0.731. The van der Waals surface area contributed by atoms with Crippen LogP contribution in [-0.2, 0) is 28.7 Å². The lowest BCUT2D eigenvalue weighted by Crippen LogP contribution is -2.27. The highest BCUT2D eigenvalue weighted by molar-refractivity contribution is 6.62. The predicted molar refractivity (Wildman–Crippen MR) is 43.2 cm³/mol. The number of nitrogens with zero attached hydrogens (tertiary/aromatic N) is 1. The first-order valence-electron chi connectivity index (χ1n) is 3.45. The first-order chi connectivity index (χ1) is 6.52. The fraction of sp³-hybridized carbons (Fsp3) is 0.429. The molecule has 7 heteroatoms. The number of methoxy groups -OCH3 is 2. The Balaban J connectivity index is 4.71. The van der Waals surface area contributed by atoms with Crippen LogP contribution in [0, 0.1) is 0 Å². The minimum Gasteiger partial charge on any atom is -0.464 e. The number of oxime groups is 1. The van der Waals surface area contributed by atoms with Gasteiger partial charge in [0.1, 0.15) is 0 Å². The molecule has 0 heterocycles. The molecule has 0 aliphatic carbocycles. The van der Waals surface area contributed by atoms with Gasteiger partial charge in [0.25, 0.3) is 5.71 Å². The second kappa shape index (κ2) is 5.68. The maximum absolute atomic E-state index is 10.9. The first kappa shape index (κ1) is 12.1. The second-order valence-corrected chi connectivity index (χ2v) is 2.01. The highest BCUT2D eigenvalue weighted by Crippen LogP contribution is 1.90. The van der Waals surface area contributed by atoms with Gasteiger partial charge in [-0.1, -0.05) is 5.16 Å². The fourth-order valence-corrected chi connectivity index (χ4v) is 0.461. The topological polar surface area (TPSA) is 91.3 Å². The molecule has 0 bridgehead atoms. The minimum atomic E-state index is -1.04. The monoisotopic (exact) mass is 203 g/mol. The summed E-state index contributed by atoms with van der Waals surface area (Å²) >= 11 is 0. The van der Waals surface area contributed by atoms with Crippen molar-refractivity contribution in [2.24, 2.45) is 5.16 Å². The van der Waals surface area contributed by atoms with Gasteiger partial charge in [0.15, 0.2) is 0 Å². The van der Waals surface area contributed by atoms with Gasteiger partial charge in [-0.3, -0.25) is 0 Å². The normalized spacial score (nSPS) is 8.50. The molecule has 0 saturated heterocycles. The van der Waals surface area contributed by atoms with Crippen molar-refractivity contribution in [3.05, 3.63) is 0 Å². The summed E-state index contributed by atoms with van der Waals surface area (Å²) in [6.07, 6.45) is 0. The summed E-state index contributed by atoms with van der Waals surface area (Å²) in [7, 11) is 2.10. The number of hydrogen-bond donors (Lipinski definition) is 0. The predicted octanol–water partition coefficient (Wildman–Crippen LogP) is -0.749. The quantitative estimate of drug-likeness (QED) is 0.197. The fourth-order valence-electron chi connectivity index (χ4n) is 0.461. The van der Waals surface area contributed by atoms with Crippen LogP contribution in [0.5, 0.6) is 0 Å². The lowest BCUT2D eigenvalue weighted by Gasteiger charge is -2.00. The van der Waals surface area contributed by atoms with Crippen molar-refractivity contribution in [1.29, 1.82) is 0 Å². The van der Waals surface area contributed by atoms with E-state index in [9.17, 15) is 14.4 Å². The van der Waals surface area contributed by atoms with E-state index in [1.165, 1.54) is 0 Å². The molecule has 7 nitrogen and oxygen atoms in total. The number of hydrogen-bond acceptors (Lipinski definition) is 7. The zero-order chi connectivity index (χ0) is 11.1. The Morgan fingerprint density at radius 3 is 1.71 bits per heavy atom. The number of esters is 2. The SMILES string of the molecule is COC(=O)C(=NOC(C)=O)C(=O)OC. The van der Waals surface area contributed by atoms with Gasteiger partial charge in [0.05, 0.1) is 14.2 Å². The summed E-state index contributed by atoms with van der Waals surface area (Å²) in [4.78, 5) is 36.2. The Morgan fingerprint density at radius 1 is 1.00 bits per heavy atom. The lowest BCUT2D eigenvalue weighted by atomic mass is 10.4. The average molecular weight is 203 g/mol. The van der Waals surface area contributed by atoms with E-state index in [0.717, 1.165) is 21.1 Å². The van der Waals surface area contributed by atoms with Crippen molar-refractivity contribution in [1.82, 2.24) is 0 Å². The first-order valence-corrected chi connectivity index (χ1v) is 3.45. The van der Waals surface area contributed by atoms with E-state index in [1.807, 2.05) is 0 Å². The summed E-state index contributed by atoms with van der Waals surface area (Å²) in [6, 6.07) is 0. The van der Waals surface area contributed by atoms with Gasteiger partial charge < -0.3 is 14.3 Å². The molecule has 0 rings (SSSR count). The van der Waals surface area contributed by atoms with Crippen molar-refractivity contribution in [3.8, 4) is 0 Å². The second-order valence-electron chi connectivity index (χ2n) is 2.01. The molecule has 0 atom stereocenters. The van der Waals surface area contributed by atoms with E-state index < -0.39 is 23.6 Å². The molecule has 0 fully saturated rings. The smallest absolute Gasteiger partial charge is 0.367 e. The zero-order valence-electron chi connectivity index (χ0n) is 7.90. The van der Waals surface area contributed by atoms with Crippen LogP contribution in [0.4, 0.5) is 0 Å². The molecule has 78 valence electrons. The van der Waals surface area contributed by atoms with Crippen molar-refractivity contribution in [2.45, 2.75) is 6.92 Å². The van der Waals surface area contributed by atoms with Gasteiger partial charge in [0, 0.05) is 6.92 Å². The Morgan fingerprint density at radius 2 is 1.43 bits per heavy atom. The van der Waals surface area contributed by atoms with Crippen molar-refractivity contribution in [2.75, 3.05) is 14.2 Å².